The number of nitrogens with two attached hydrogens (primary N) is 1. The van der Waals surface area contributed by atoms with E-state index in [0.29, 0.717) is 18.1 Å². The van der Waals surface area contributed by atoms with Crippen molar-refractivity contribution in [3.63, 3.8) is 0 Å². The van der Waals surface area contributed by atoms with E-state index < -0.39 is 5.60 Å². The lowest BCUT2D eigenvalue weighted by atomic mass is 10.1. The zero-order valence-electron chi connectivity index (χ0n) is 11.5. The van der Waals surface area contributed by atoms with Gasteiger partial charge in [0.05, 0.1) is 11.2 Å². The van der Waals surface area contributed by atoms with Gasteiger partial charge in [-0.3, -0.25) is 4.98 Å². The van der Waals surface area contributed by atoms with Crippen LogP contribution in [0.15, 0.2) is 24.5 Å². The molecule has 2 heterocycles. The second-order valence-electron chi connectivity index (χ2n) is 4.79. The Morgan fingerprint density at radius 3 is 2.80 bits per heavy atom. The van der Waals surface area contributed by atoms with Crippen molar-refractivity contribution in [2.75, 3.05) is 29.6 Å². The Balaban J connectivity index is 2.18. The molecule has 108 valence electrons. The lowest BCUT2D eigenvalue weighted by Gasteiger charge is -2.22. The van der Waals surface area contributed by atoms with E-state index in [0.717, 1.165) is 16.1 Å². The number of hydrogen-bond donors (Lipinski definition) is 3. The molecule has 1 unspecified atom stereocenters. The third-order valence-corrected chi connectivity index (χ3v) is 4.50. The fourth-order valence-electron chi connectivity index (χ4n) is 1.85. The van der Waals surface area contributed by atoms with Gasteiger partial charge in [0.2, 0.25) is 0 Å². The van der Waals surface area contributed by atoms with Crippen LogP contribution >= 0.6 is 23.3 Å². The molecule has 0 saturated carbocycles. The number of anilines is 2. The summed E-state index contributed by atoms with van der Waals surface area (Å²) in [7, 11) is 0. The first kappa shape index (κ1) is 15.1. The van der Waals surface area contributed by atoms with Crippen molar-refractivity contribution in [3.8, 4) is 11.1 Å². The van der Waals surface area contributed by atoms with E-state index in [2.05, 4.69) is 14.7 Å². The van der Waals surface area contributed by atoms with Gasteiger partial charge < -0.3 is 16.2 Å². The summed E-state index contributed by atoms with van der Waals surface area (Å²) in [5.41, 5.74) is 7.02. The molecule has 2 aromatic heterocycles. The minimum absolute atomic E-state index is 0.452. The number of pyridine rings is 1. The van der Waals surface area contributed by atoms with Gasteiger partial charge in [-0.25, -0.2) is 0 Å². The number of aliphatic hydroxyl groups is 1. The number of nitrogen functional groups attached to an aromatic ring is 1. The van der Waals surface area contributed by atoms with Crippen LogP contribution < -0.4 is 11.1 Å². The second kappa shape index (κ2) is 6.43. The molecule has 0 spiro atoms. The zero-order chi connectivity index (χ0) is 14.6. The highest BCUT2D eigenvalue weighted by Gasteiger charge is 2.21. The predicted molar refractivity (Wildman–Crippen MR) is 87.3 cm³/mol. The highest BCUT2D eigenvalue weighted by atomic mass is 32.2. The van der Waals surface area contributed by atoms with Crippen LogP contribution in [0.5, 0.6) is 0 Å². The molecule has 2 aromatic rings. The van der Waals surface area contributed by atoms with Crippen LogP contribution in [0, 0.1) is 0 Å². The summed E-state index contributed by atoms with van der Waals surface area (Å²) < 4.78 is 4.19. The van der Waals surface area contributed by atoms with Crippen LogP contribution in [0.2, 0.25) is 0 Å². The minimum Gasteiger partial charge on any atom is -0.387 e. The first-order valence-corrected chi connectivity index (χ1v) is 8.31. The van der Waals surface area contributed by atoms with Crippen LogP contribution in [0.1, 0.15) is 6.92 Å². The van der Waals surface area contributed by atoms with Crippen molar-refractivity contribution < 1.29 is 5.11 Å². The third kappa shape index (κ3) is 3.62. The summed E-state index contributed by atoms with van der Waals surface area (Å²) in [6, 6.07) is 3.79. The van der Waals surface area contributed by atoms with E-state index in [1.54, 1.807) is 24.2 Å². The molecule has 0 aliphatic rings. The van der Waals surface area contributed by atoms with E-state index in [1.807, 2.05) is 25.3 Å². The number of rotatable bonds is 6. The number of thioether (sulfide) groups is 1. The molecule has 0 aliphatic carbocycles. The van der Waals surface area contributed by atoms with E-state index >= 15 is 0 Å². The molecule has 1 atom stereocenters. The maximum atomic E-state index is 10.2. The summed E-state index contributed by atoms with van der Waals surface area (Å²) in [6.45, 7) is 2.26. The fourth-order valence-corrected chi connectivity index (χ4v) is 3.31. The highest BCUT2D eigenvalue weighted by Crippen LogP contribution is 2.36. The molecule has 0 fully saturated rings. The van der Waals surface area contributed by atoms with Gasteiger partial charge in [-0.2, -0.15) is 16.1 Å². The van der Waals surface area contributed by atoms with Crippen LogP contribution in [0.4, 0.5) is 10.8 Å². The third-order valence-electron chi connectivity index (χ3n) is 2.77. The normalized spacial score (nSPS) is 13.9. The lowest BCUT2D eigenvalue weighted by molar-refractivity contribution is 0.0998. The quantitative estimate of drug-likeness (QED) is 0.759. The Kier molecular flexibility index (Phi) is 4.85. The summed E-state index contributed by atoms with van der Waals surface area (Å²) in [4.78, 5) is 4.00. The summed E-state index contributed by atoms with van der Waals surface area (Å²) in [5.74, 6) is 1.16. The fraction of sp³-hybridized carbons (Fsp3) is 0.385. The molecule has 7 heteroatoms. The van der Waals surface area contributed by atoms with Gasteiger partial charge in [0, 0.05) is 24.7 Å². The topological polar surface area (TPSA) is 84.1 Å². The van der Waals surface area contributed by atoms with Gasteiger partial charge in [-0.05, 0) is 42.4 Å². The summed E-state index contributed by atoms with van der Waals surface area (Å²) >= 11 is 2.92. The van der Waals surface area contributed by atoms with E-state index in [1.165, 1.54) is 11.5 Å². The molecule has 0 amide bonds. The monoisotopic (exact) mass is 310 g/mol. The molecular weight excluding hydrogens is 292 g/mol. The molecule has 0 bridgehead atoms. The SMILES string of the molecule is CSCC(C)(O)CNc1snc(N)c1-c1ccncc1. The Morgan fingerprint density at radius 1 is 1.45 bits per heavy atom. The number of hydrogen-bond acceptors (Lipinski definition) is 7. The van der Waals surface area contributed by atoms with Gasteiger partial charge in [0.15, 0.2) is 0 Å². The van der Waals surface area contributed by atoms with Crippen LogP contribution in [-0.2, 0) is 0 Å². The van der Waals surface area contributed by atoms with E-state index in [4.69, 9.17) is 5.73 Å². The van der Waals surface area contributed by atoms with Crippen molar-refractivity contribution >= 4 is 34.1 Å². The standard InChI is InChI=1S/C13H18N4OS2/c1-13(18,8-19-2)7-16-12-10(11(14)17-20-12)9-3-5-15-6-4-9/h3-6,16,18H,7-8H2,1-2H3,(H2,14,17). The molecule has 0 aromatic carbocycles. The van der Waals surface area contributed by atoms with Gasteiger partial charge in [-0.1, -0.05) is 0 Å². The second-order valence-corrected chi connectivity index (χ2v) is 6.43. The van der Waals surface area contributed by atoms with Gasteiger partial charge in [0.1, 0.15) is 10.8 Å². The van der Waals surface area contributed by atoms with Crippen LogP contribution in [0.3, 0.4) is 0 Å². The Bertz CT molecular complexity index is 557. The maximum absolute atomic E-state index is 10.2. The molecule has 0 radical (unpaired) electrons. The summed E-state index contributed by atoms with van der Waals surface area (Å²) in [5, 5.41) is 14.3. The average Bonchev–Trinajstić information content (AvgIpc) is 2.79. The van der Waals surface area contributed by atoms with Gasteiger partial charge >= 0.3 is 0 Å². The zero-order valence-corrected chi connectivity index (χ0v) is 13.1. The minimum atomic E-state index is -0.770. The van der Waals surface area contributed by atoms with Crippen molar-refractivity contribution in [3.05, 3.63) is 24.5 Å². The molecular formula is C13H18N4OS2. The van der Waals surface area contributed by atoms with Crippen LogP contribution in [-0.4, -0.2) is 38.6 Å². The molecule has 4 N–H and O–H groups in total. The van der Waals surface area contributed by atoms with Crippen LogP contribution in [0.25, 0.3) is 11.1 Å². The lowest BCUT2D eigenvalue weighted by Crippen LogP contribution is -2.35. The van der Waals surface area contributed by atoms with Crippen molar-refractivity contribution in [2.24, 2.45) is 0 Å². The molecule has 0 saturated heterocycles. The summed E-state index contributed by atoms with van der Waals surface area (Å²) in [6.07, 6.45) is 5.42. The number of aromatic nitrogens is 2. The van der Waals surface area contributed by atoms with E-state index in [9.17, 15) is 5.11 Å². The molecule has 5 nitrogen and oxygen atoms in total. The Labute approximate surface area is 126 Å². The largest absolute Gasteiger partial charge is 0.387 e. The Hall–Kier alpha value is -1.31. The number of nitrogens with zero attached hydrogens (tertiary/aromatic N) is 2. The average molecular weight is 310 g/mol. The smallest absolute Gasteiger partial charge is 0.147 e. The van der Waals surface area contributed by atoms with E-state index in [-0.39, 0.29) is 0 Å². The van der Waals surface area contributed by atoms with Crippen molar-refractivity contribution in [2.45, 2.75) is 12.5 Å². The van der Waals surface area contributed by atoms with Gasteiger partial charge in [-0.15, -0.1) is 0 Å². The van der Waals surface area contributed by atoms with Crippen molar-refractivity contribution in [1.29, 1.82) is 0 Å². The van der Waals surface area contributed by atoms with Gasteiger partial charge in [0.25, 0.3) is 0 Å². The molecule has 0 aliphatic heterocycles. The molecule has 2 rings (SSSR count). The van der Waals surface area contributed by atoms with Crippen molar-refractivity contribution in [1.82, 2.24) is 9.36 Å². The first-order valence-electron chi connectivity index (χ1n) is 6.14. The predicted octanol–water partition coefficient (Wildman–Crippen LogP) is 2.31. The molecule has 20 heavy (non-hydrogen) atoms. The Morgan fingerprint density at radius 2 is 2.15 bits per heavy atom. The first-order chi connectivity index (χ1) is 9.53. The maximum Gasteiger partial charge on any atom is 0.147 e. The highest BCUT2D eigenvalue weighted by molar-refractivity contribution is 7.98. The number of nitrogens with one attached hydrogen (secondary N) is 1.